The first-order chi connectivity index (χ1) is 11.2. The Morgan fingerprint density at radius 1 is 1.17 bits per heavy atom. The Bertz CT molecular complexity index is 630. The van der Waals surface area contributed by atoms with Crippen molar-refractivity contribution in [1.29, 1.82) is 0 Å². The molecule has 0 N–H and O–H groups in total. The minimum absolute atomic E-state index is 0.498. The number of hydrogen-bond acceptors (Lipinski definition) is 5. The summed E-state index contributed by atoms with van der Waals surface area (Å²) >= 11 is 0. The Morgan fingerprint density at radius 3 is 2.83 bits per heavy atom. The lowest BCUT2D eigenvalue weighted by Gasteiger charge is -2.33. The summed E-state index contributed by atoms with van der Waals surface area (Å²) < 4.78 is 11.2. The Balaban J connectivity index is 1.57. The molecule has 122 valence electrons. The lowest BCUT2D eigenvalue weighted by molar-refractivity contribution is 0.227. The smallest absolute Gasteiger partial charge is 0.151 e. The van der Waals surface area contributed by atoms with Crippen molar-refractivity contribution < 1.29 is 9.47 Å². The first-order valence-corrected chi connectivity index (χ1v) is 8.07. The topological polar surface area (TPSA) is 47.5 Å². The minimum atomic E-state index is 0.498. The third kappa shape index (κ3) is 4.12. The molecule has 1 aromatic heterocycles. The van der Waals surface area contributed by atoms with Gasteiger partial charge in [-0.25, -0.2) is 0 Å². The highest BCUT2D eigenvalue weighted by molar-refractivity contribution is 5.38. The number of hydrogen-bond donors (Lipinski definition) is 0. The second-order valence-electron chi connectivity index (χ2n) is 5.98. The van der Waals surface area contributed by atoms with E-state index in [1.807, 2.05) is 43.3 Å². The number of nitrogens with zero attached hydrogens (tertiary/aromatic N) is 3. The molecule has 0 amide bonds. The molecule has 1 saturated heterocycles. The van der Waals surface area contributed by atoms with Gasteiger partial charge < -0.3 is 14.4 Å². The molecule has 1 aromatic carbocycles. The maximum absolute atomic E-state index is 5.95. The average Bonchev–Trinajstić information content (AvgIpc) is 2.61. The third-order valence-electron chi connectivity index (χ3n) is 4.15. The van der Waals surface area contributed by atoms with Crippen LogP contribution in [-0.4, -0.2) is 37.0 Å². The van der Waals surface area contributed by atoms with Gasteiger partial charge in [-0.3, -0.25) is 0 Å². The highest BCUT2D eigenvalue weighted by atomic mass is 16.5. The molecule has 1 atom stereocenters. The Hall–Kier alpha value is -2.30. The summed E-state index contributed by atoms with van der Waals surface area (Å²) in [7, 11) is 1.67. The highest BCUT2D eigenvalue weighted by Crippen LogP contribution is 2.24. The van der Waals surface area contributed by atoms with Crippen molar-refractivity contribution in [1.82, 2.24) is 10.2 Å². The molecule has 1 fully saturated rings. The van der Waals surface area contributed by atoms with Gasteiger partial charge in [0, 0.05) is 25.1 Å². The fourth-order valence-corrected chi connectivity index (χ4v) is 2.87. The number of aromatic nitrogens is 2. The van der Waals surface area contributed by atoms with Crippen molar-refractivity contribution in [2.24, 2.45) is 5.92 Å². The van der Waals surface area contributed by atoms with E-state index in [1.165, 1.54) is 6.42 Å². The van der Waals surface area contributed by atoms with Gasteiger partial charge in [0.1, 0.15) is 11.5 Å². The van der Waals surface area contributed by atoms with Gasteiger partial charge in [-0.05, 0) is 44.0 Å². The van der Waals surface area contributed by atoms with Crippen LogP contribution in [0.5, 0.6) is 11.5 Å². The molecule has 5 nitrogen and oxygen atoms in total. The van der Waals surface area contributed by atoms with Crippen molar-refractivity contribution >= 4 is 5.82 Å². The first kappa shape index (κ1) is 15.6. The van der Waals surface area contributed by atoms with Crippen LogP contribution in [0.3, 0.4) is 0 Å². The molecular weight excluding hydrogens is 290 g/mol. The molecule has 1 aliphatic rings. The molecule has 0 aliphatic carbocycles. The number of anilines is 1. The predicted octanol–water partition coefficient (Wildman–Crippen LogP) is 3.09. The predicted molar refractivity (Wildman–Crippen MR) is 90.2 cm³/mol. The molecular formula is C18H23N3O2. The molecule has 0 saturated carbocycles. The van der Waals surface area contributed by atoms with Gasteiger partial charge in [0.25, 0.3) is 0 Å². The van der Waals surface area contributed by atoms with Gasteiger partial charge in [-0.2, -0.15) is 5.10 Å². The Morgan fingerprint density at radius 2 is 2.04 bits per heavy atom. The third-order valence-corrected chi connectivity index (χ3v) is 4.15. The zero-order valence-corrected chi connectivity index (χ0v) is 13.7. The van der Waals surface area contributed by atoms with E-state index in [0.29, 0.717) is 12.5 Å². The summed E-state index contributed by atoms with van der Waals surface area (Å²) in [5.41, 5.74) is 0.948. The number of piperidine rings is 1. The maximum atomic E-state index is 5.95. The summed E-state index contributed by atoms with van der Waals surface area (Å²) in [6.45, 7) is 4.66. The molecule has 3 rings (SSSR count). The van der Waals surface area contributed by atoms with Gasteiger partial charge in [-0.1, -0.05) is 6.07 Å². The van der Waals surface area contributed by atoms with E-state index in [2.05, 4.69) is 15.1 Å². The summed E-state index contributed by atoms with van der Waals surface area (Å²) in [5, 5.41) is 8.45. The Labute approximate surface area is 137 Å². The molecule has 23 heavy (non-hydrogen) atoms. The number of methoxy groups -OCH3 is 1. The van der Waals surface area contributed by atoms with Gasteiger partial charge in [0.05, 0.1) is 19.4 Å². The fraction of sp³-hybridized carbons (Fsp3) is 0.444. The summed E-state index contributed by atoms with van der Waals surface area (Å²) in [4.78, 5) is 2.30. The second kappa shape index (κ2) is 7.31. The van der Waals surface area contributed by atoms with Crippen molar-refractivity contribution in [3.8, 4) is 11.5 Å². The fourth-order valence-electron chi connectivity index (χ4n) is 2.87. The molecule has 2 aromatic rings. The van der Waals surface area contributed by atoms with E-state index in [9.17, 15) is 0 Å². The van der Waals surface area contributed by atoms with Crippen LogP contribution in [0.1, 0.15) is 18.5 Å². The molecule has 0 spiro atoms. The molecule has 2 heterocycles. The maximum Gasteiger partial charge on any atom is 0.151 e. The van der Waals surface area contributed by atoms with E-state index < -0.39 is 0 Å². The Kier molecular flexibility index (Phi) is 4.95. The van der Waals surface area contributed by atoms with E-state index in [0.717, 1.165) is 42.5 Å². The quantitative estimate of drug-likeness (QED) is 0.849. The van der Waals surface area contributed by atoms with Crippen molar-refractivity contribution in [2.75, 3.05) is 31.7 Å². The molecule has 0 unspecified atom stereocenters. The van der Waals surface area contributed by atoms with Crippen LogP contribution < -0.4 is 14.4 Å². The molecule has 1 aliphatic heterocycles. The number of rotatable bonds is 5. The van der Waals surface area contributed by atoms with Crippen molar-refractivity contribution in [3.05, 3.63) is 42.1 Å². The van der Waals surface area contributed by atoms with Crippen LogP contribution >= 0.6 is 0 Å². The summed E-state index contributed by atoms with van der Waals surface area (Å²) in [6, 6.07) is 11.8. The first-order valence-electron chi connectivity index (χ1n) is 8.07. The summed E-state index contributed by atoms with van der Waals surface area (Å²) in [5.74, 6) is 3.14. The number of benzene rings is 1. The zero-order chi connectivity index (χ0) is 16.1. The van der Waals surface area contributed by atoms with Crippen LogP contribution in [0.25, 0.3) is 0 Å². The van der Waals surface area contributed by atoms with Gasteiger partial charge in [-0.15, -0.1) is 5.10 Å². The van der Waals surface area contributed by atoms with Crippen LogP contribution in [0.4, 0.5) is 5.82 Å². The van der Waals surface area contributed by atoms with Gasteiger partial charge in [0.15, 0.2) is 5.82 Å². The SMILES string of the molecule is COc1cccc(OC[C@H]2CCCN(c3ccc(C)nn3)C2)c1. The van der Waals surface area contributed by atoms with E-state index in [-0.39, 0.29) is 0 Å². The van der Waals surface area contributed by atoms with Crippen molar-refractivity contribution in [3.63, 3.8) is 0 Å². The number of aryl methyl sites for hydroxylation is 1. The molecule has 0 radical (unpaired) electrons. The normalized spacial score (nSPS) is 17.8. The van der Waals surface area contributed by atoms with E-state index in [1.54, 1.807) is 7.11 Å². The monoisotopic (exact) mass is 313 g/mol. The van der Waals surface area contributed by atoms with Crippen molar-refractivity contribution in [2.45, 2.75) is 19.8 Å². The van der Waals surface area contributed by atoms with Crippen LogP contribution in [0.15, 0.2) is 36.4 Å². The highest BCUT2D eigenvalue weighted by Gasteiger charge is 2.21. The summed E-state index contributed by atoms with van der Waals surface area (Å²) in [6.07, 6.45) is 2.33. The largest absolute Gasteiger partial charge is 0.497 e. The van der Waals surface area contributed by atoms with Crippen LogP contribution in [-0.2, 0) is 0 Å². The van der Waals surface area contributed by atoms with Crippen LogP contribution in [0.2, 0.25) is 0 Å². The number of ether oxygens (including phenoxy) is 2. The van der Waals surface area contributed by atoms with Gasteiger partial charge >= 0.3 is 0 Å². The minimum Gasteiger partial charge on any atom is -0.497 e. The second-order valence-corrected chi connectivity index (χ2v) is 5.98. The average molecular weight is 313 g/mol. The molecule has 5 heteroatoms. The molecule has 0 bridgehead atoms. The zero-order valence-electron chi connectivity index (χ0n) is 13.7. The van der Waals surface area contributed by atoms with Gasteiger partial charge in [0.2, 0.25) is 0 Å². The van der Waals surface area contributed by atoms with E-state index >= 15 is 0 Å². The lowest BCUT2D eigenvalue weighted by Crippen LogP contribution is -2.38. The van der Waals surface area contributed by atoms with Crippen LogP contribution in [0, 0.1) is 12.8 Å². The van der Waals surface area contributed by atoms with E-state index in [4.69, 9.17) is 9.47 Å². The lowest BCUT2D eigenvalue weighted by atomic mass is 9.99. The standard InChI is InChI=1S/C18H23N3O2/c1-14-8-9-18(20-19-14)21-10-4-5-15(12-21)13-23-17-7-3-6-16(11-17)22-2/h3,6-9,11,15H,4-5,10,12-13H2,1-2H3/t15-/m0/s1.